The van der Waals surface area contributed by atoms with Crippen molar-refractivity contribution in [2.24, 2.45) is 0 Å². The maximum atomic E-state index is 13.9. The van der Waals surface area contributed by atoms with Gasteiger partial charge in [-0.15, -0.1) is 0 Å². The molecular weight excluding hydrogens is 428 g/mol. The predicted octanol–water partition coefficient (Wildman–Crippen LogP) is 5.58. The second-order valence-electron chi connectivity index (χ2n) is 6.82. The molecule has 166 valence electrons. The molecule has 0 radical (unpaired) electrons. The van der Waals surface area contributed by atoms with Crippen molar-refractivity contribution in [2.75, 3.05) is 17.2 Å². The van der Waals surface area contributed by atoms with Crippen LogP contribution in [0, 0.1) is 12.7 Å². The smallest absolute Gasteiger partial charge is 0.422 e. The van der Waals surface area contributed by atoms with Crippen molar-refractivity contribution < 1.29 is 31.9 Å². The number of nitrogens with one attached hydrogen (secondary N) is 2. The van der Waals surface area contributed by atoms with E-state index in [0.29, 0.717) is 5.56 Å². The van der Waals surface area contributed by atoms with Crippen molar-refractivity contribution in [3.8, 4) is 5.75 Å². The molecule has 0 saturated carbocycles. The van der Waals surface area contributed by atoms with Crippen LogP contribution < -0.4 is 15.4 Å². The maximum absolute atomic E-state index is 13.9. The lowest BCUT2D eigenvalue weighted by molar-refractivity contribution is -0.153. The van der Waals surface area contributed by atoms with E-state index in [1.807, 2.05) is 0 Å². The minimum atomic E-state index is -4.53. The van der Waals surface area contributed by atoms with Crippen LogP contribution in [0.4, 0.5) is 28.9 Å². The summed E-state index contributed by atoms with van der Waals surface area (Å²) in [4.78, 5) is 25.1. The van der Waals surface area contributed by atoms with Crippen molar-refractivity contribution in [3.05, 3.63) is 89.2 Å². The molecule has 0 heterocycles. The fraction of sp³-hybridized carbons (Fsp3) is 0.130. The van der Waals surface area contributed by atoms with Gasteiger partial charge in [0.05, 0.1) is 11.3 Å². The third kappa shape index (κ3) is 5.84. The lowest BCUT2D eigenvalue weighted by atomic mass is 10.1. The van der Waals surface area contributed by atoms with E-state index in [1.54, 1.807) is 13.0 Å². The van der Waals surface area contributed by atoms with Crippen molar-refractivity contribution in [1.82, 2.24) is 0 Å². The topological polar surface area (TPSA) is 67.4 Å². The molecule has 0 aromatic heterocycles. The number of carbonyl (C=O) groups excluding carboxylic acids is 2. The van der Waals surface area contributed by atoms with E-state index in [9.17, 15) is 27.2 Å². The van der Waals surface area contributed by atoms with Crippen LogP contribution in [-0.4, -0.2) is 24.6 Å². The Hall–Kier alpha value is -3.88. The van der Waals surface area contributed by atoms with E-state index in [0.717, 1.165) is 6.07 Å². The number of halogens is 4. The molecule has 0 atom stereocenters. The van der Waals surface area contributed by atoms with E-state index >= 15 is 0 Å². The zero-order valence-corrected chi connectivity index (χ0v) is 16.8. The highest BCUT2D eigenvalue weighted by atomic mass is 19.4. The molecular formula is C23H18F4N2O3. The largest absolute Gasteiger partial charge is 0.482 e. The van der Waals surface area contributed by atoms with Crippen LogP contribution in [0.1, 0.15) is 26.3 Å². The molecule has 32 heavy (non-hydrogen) atoms. The monoisotopic (exact) mass is 446 g/mol. The lowest BCUT2D eigenvalue weighted by Crippen LogP contribution is -2.20. The van der Waals surface area contributed by atoms with Crippen LogP contribution in [-0.2, 0) is 0 Å². The number of para-hydroxylation sites is 2. The number of aryl methyl sites for hydroxylation is 1. The van der Waals surface area contributed by atoms with Gasteiger partial charge >= 0.3 is 6.18 Å². The Morgan fingerprint density at radius 1 is 0.875 bits per heavy atom. The normalized spacial score (nSPS) is 11.0. The molecule has 0 aliphatic rings. The molecule has 3 aromatic rings. The molecule has 3 rings (SSSR count). The summed E-state index contributed by atoms with van der Waals surface area (Å²) in [7, 11) is 0. The average Bonchev–Trinajstić information content (AvgIpc) is 2.74. The van der Waals surface area contributed by atoms with Gasteiger partial charge in [0, 0.05) is 11.3 Å². The predicted molar refractivity (Wildman–Crippen MR) is 111 cm³/mol. The van der Waals surface area contributed by atoms with Crippen LogP contribution in [0.5, 0.6) is 5.75 Å². The second kappa shape index (κ2) is 9.51. The molecule has 0 saturated heterocycles. The summed E-state index contributed by atoms with van der Waals surface area (Å²) in [6.07, 6.45) is -4.53. The Morgan fingerprint density at radius 3 is 2.25 bits per heavy atom. The standard InChI is InChI=1S/C23H18F4N2O3/c1-14-10-11-15(12-19(14)29-22(31)16-6-2-3-7-17(16)24)21(30)28-18-8-4-5-9-20(18)32-13-23(25,26)27/h2-12H,13H2,1H3,(H,28,30)(H,29,31). The number of anilines is 2. The first-order chi connectivity index (χ1) is 15.1. The summed E-state index contributed by atoms with van der Waals surface area (Å²) >= 11 is 0. The minimum Gasteiger partial charge on any atom is -0.482 e. The molecule has 0 spiro atoms. The highest BCUT2D eigenvalue weighted by Crippen LogP contribution is 2.27. The van der Waals surface area contributed by atoms with Crippen molar-refractivity contribution in [3.63, 3.8) is 0 Å². The fourth-order valence-electron chi connectivity index (χ4n) is 2.78. The van der Waals surface area contributed by atoms with Crippen molar-refractivity contribution in [1.29, 1.82) is 0 Å². The first kappa shape index (κ1) is 22.8. The molecule has 0 aliphatic heterocycles. The Balaban J connectivity index is 1.78. The molecule has 9 heteroatoms. The number of benzene rings is 3. The number of carbonyl (C=O) groups is 2. The van der Waals surface area contributed by atoms with E-state index < -0.39 is 30.4 Å². The summed E-state index contributed by atoms with van der Waals surface area (Å²) in [6, 6.07) is 15.6. The highest BCUT2D eigenvalue weighted by molar-refractivity contribution is 6.08. The molecule has 5 nitrogen and oxygen atoms in total. The summed E-state index contributed by atoms with van der Waals surface area (Å²) in [5, 5.41) is 5.07. The summed E-state index contributed by atoms with van der Waals surface area (Å²) < 4.78 is 56.0. The number of ether oxygens (including phenoxy) is 1. The Morgan fingerprint density at radius 2 is 1.53 bits per heavy atom. The van der Waals surface area contributed by atoms with Gasteiger partial charge in [-0.05, 0) is 48.9 Å². The number of alkyl halides is 3. The Labute approximate surface area is 181 Å². The van der Waals surface area contributed by atoms with Gasteiger partial charge in [0.25, 0.3) is 11.8 Å². The zero-order chi connectivity index (χ0) is 23.3. The molecule has 0 bridgehead atoms. The molecule has 0 aliphatic carbocycles. The van der Waals surface area contributed by atoms with Crippen molar-refractivity contribution in [2.45, 2.75) is 13.1 Å². The van der Waals surface area contributed by atoms with Gasteiger partial charge in [-0.2, -0.15) is 13.2 Å². The summed E-state index contributed by atoms with van der Waals surface area (Å²) in [6.45, 7) is 0.190. The van der Waals surface area contributed by atoms with E-state index in [2.05, 4.69) is 10.6 Å². The fourth-order valence-corrected chi connectivity index (χ4v) is 2.78. The van der Waals surface area contributed by atoms with Crippen LogP contribution >= 0.6 is 0 Å². The lowest BCUT2D eigenvalue weighted by Gasteiger charge is -2.15. The van der Waals surface area contributed by atoms with Gasteiger partial charge < -0.3 is 15.4 Å². The number of rotatable bonds is 6. The maximum Gasteiger partial charge on any atom is 0.422 e. The Bertz CT molecular complexity index is 1150. The van der Waals surface area contributed by atoms with Gasteiger partial charge in [0.2, 0.25) is 0 Å². The van der Waals surface area contributed by atoms with Crippen LogP contribution in [0.15, 0.2) is 66.7 Å². The SMILES string of the molecule is Cc1ccc(C(=O)Nc2ccccc2OCC(F)(F)F)cc1NC(=O)c1ccccc1F. The summed E-state index contributed by atoms with van der Waals surface area (Å²) in [5.41, 5.74) is 0.939. The molecule has 0 unspecified atom stereocenters. The highest BCUT2D eigenvalue weighted by Gasteiger charge is 2.29. The average molecular weight is 446 g/mol. The molecule has 0 fully saturated rings. The van der Waals surface area contributed by atoms with Crippen LogP contribution in [0.25, 0.3) is 0 Å². The van der Waals surface area contributed by atoms with Gasteiger partial charge in [-0.25, -0.2) is 4.39 Å². The van der Waals surface area contributed by atoms with Gasteiger partial charge in [-0.3, -0.25) is 9.59 Å². The summed E-state index contributed by atoms with van der Waals surface area (Å²) in [5.74, 6) is -2.14. The molecule has 2 N–H and O–H groups in total. The van der Waals surface area contributed by atoms with Gasteiger partial charge in [0.15, 0.2) is 6.61 Å². The van der Waals surface area contributed by atoms with E-state index in [1.165, 1.54) is 54.6 Å². The number of hydrogen-bond acceptors (Lipinski definition) is 3. The Kier molecular flexibility index (Phi) is 6.77. The van der Waals surface area contributed by atoms with Crippen LogP contribution in [0.3, 0.4) is 0 Å². The minimum absolute atomic E-state index is 0.0549. The first-order valence-electron chi connectivity index (χ1n) is 9.40. The number of amides is 2. The van der Waals surface area contributed by atoms with Crippen molar-refractivity contribution >= 4 is 23.2 Å². The quantitative estimate of drug-likeness (QED) is 0.486. The van der Waals surface area contributed by atoms with Gasteiger partial charge in [-0.1, -0.05) is 30.3 Å². The number of hydrogen-bond donors (Lipinski definition) is 2. The second-order valence-corrected chi connectivity index (χ2v) is 6.82. The third-order valence-electron chi connectivity index (χ3n) is 4.39. The molecule has 2 amide bonds. The van der Waals surface area contributed by atoms with E-state index in [-0.39, 0.29) is 28.3 Å². The van der Waals surface area contributed by atoms with Crippen LogP contribution in [0.2, 0.25) is 0 Å². The molecule has 3 aromatic carbocycles. The zero-order valence-electron chi connectivity index (χ0n) is 16.8. The third-order valence-corrected chi connectivity index (χ3v) is 4.39. The first-order valence-corrected chi connectivity index (χ1v) is 9.40. The van der Waals surface area contributed by atoms with Gasteiger partial charge in [0.1, 0.15) is 11.6 Å². The van der Waals surface area contributed by atoms with E-state index in [4.69, 9.17) is 4.74 Å².